The molecule has 22 heavy (non-hydrogen) atoms. The fraction of sp³-hybridized carbons (Fsp3) is 0.214. The molecule has 2 rings (SSSR count). The molecule has 3 nitrogen and oxygen atoms in total. The zero-order chi connectivity index (χ0) is 16.1. The van der Waals surface area contributed by atoms with E-state index in [1.54, 1.807) is 0 Å². The van der Waals surface area contributed by atoms with Gasteiger partial charge in [0.15, 0.2) is 0 Å². The van der Waals surface area contributed by atoms with Crippen LogP contribution in [-0.2, 0) is 21.3 Å². The summed E-state index contributed by atoms with van der Waals surface area (Å²) in [7, 11) is -1.14. The first-order valence-corrected chi connectivity index (χ1v) is 9.80. The fourth-order valence-electron chi connectivity index (χ4n) is 1.69. The zero-order valence-electron chi connectivity index (χ0n) is 11.3. The van der Waals surface area contributed by atoms with E-state index >= 15 is 0 Å². The minimum Gasteiger partial charge on any atom is -0.324 e. The quantitative estimate of drug-likeness (QED) is 0.738. The minimum absolute atomic E-state index is 0.0694. The summed E-state index contributed by atoms with van der Waals surface area (Å²) in [6, 6.07) is 5.93. The molecule has 0 unspecified atom stereocenters. The third kappa shape index (κ3) is 5.46. The second-order valence-electron chi connectivity index (χ2n) is 4.47. The van der Waals surface area contributed by atoms with Crippen molar-refractivity contribution in [2.75, 3.05) is 11.1 Å². The number of anilines is 1. The van der Waals surface area contributed by atoms with Crippen molar-refractivity contribution < 1.29 is 13.4 Å². The summed E-state index contributed by atoms with van der Waals surface area (Å²) in [5.41, 5.74) is 1.04. The Labute approximate surface area is 147 Å². The van der Waals surface area contributed by atoms with Crippen molar-refractivity contribution in [2.45, 2.75) is 12.2 Å². The molecular weight excluding hydrogens is 413 g/mol. The van der Waals surface area contributed by atoms with Crippen LogP contribution in [0.25, 0.3) is 0 Å². The van der Waals surface area contributed by atoms with Crippen molar-refractivity contribution in [1.82, 2.24) is 0 Å². The van der Waals surface area contributed by atoms with E-state index < -0.39 is 16.6 Å². The topological polar surface area (TPSA) is 46.2 Å². The smallest absolute Gasteiger partial charge is 0.225 e. The summed E-state index contributed by atoms with van der Waals surface area (Å²) < 4.78 is 26.4. The van der Waals surface area contributed by atoms with Crippen molar-refractivity contribution in [3.63, 3.8) is 0 Å². The molecule has 8 heteroatoms. The van der Waals surface area contributed by atoms with Crippen molar-refractivity contribution in [3.05, 3.63) is 49.8 Å². The van der Waals surface area contributed by atoms with Gasteiger partial charge in [0.05, 0.1) is 9.47 Å². The van der Waals surface area contributed by atoms with E-state index in [0.29, 0.717) is 5.75 Å². The molecule has 1 amide bonds. The van der Waals surface area contributed by atoms with Gasteiger partial charge in [-0.25, -0.2) is 4.39 Å². The maximum Gasteiger partial charge on any atom is 0.225 e. The molecule has 0 aliphatic carbocycles. The maximum absolute atomic E-state index is 13.5. The van der Waals surface area contributed by atoms with Crippen LogP contribution in [0.4, 0.5) is 10.1 Å². The third-order valence-electron chi connectivity index (χ3n) is 2.71. The second kappa shape index (κ2) is 8.19. The molecule has 0 saturated heterocycles. The molecule has 1 heterocycles. The molecule has 1 aromatic heterocycles. The SMILES string of the molecule is O=C(CC[S@@](=O)Cc1csc(Br)c1)Nc1ccc(Cl)cc1F. The van der Waals surface area contributed by atoms with Gasteiger partial charge in [-0.15, -0.1) is 11.3 Å². The van der Waals surface area contributed by atoms with Crippen molar-refractivity contribution in [3.8, 4) is 0 Å². The van der Waals surface area contributed by atoms with Crippen LogP contribution < -0.4 is 5.32 Å². The number of carbonyl (C=O) groups is 1. The fourth-order valence-corrected chi connectivity index (χ4v) is 4.26. The van der Waals surface area contributed by atoms with E-state index in [2.05, 4.69) is 21.2 Å². The number of hydrogen-bond donors (Lipinski definition) is 1. The van der Waals surface area contributed by atoms with Gasteiger partial charge in [0.1, 0.15) is 5.82 Å². The molecule has 0 spiro atoms. The van der Waals surface area contributed by atoms with Gasteiger partial charge in [-0.2, -0.15) is 0 Å². The first-order chi connectivity index (χ1) is 10.4. The monoisotopic (exact) mass is 423 g/mol. The van der Waals surface area contributed by atoms with Gasteiger partial charge < -0.3 is 5.32 Å². The average molecular weight is 425 g/mol. The number of carbonyl (C=O) groups excluding carboxylic acids is 1. The molecule has 1 N–H and O–H groups in total. The number of hydrogen-bond acceptors (Lipinski definition) is 3. The molecule has 1 atom stereocenters. The summed E-state index contributed by atoms with van der Waals surface area (Å²) >= 11 is 10.5. The van der Waals surface area contributed by atoms with Crippen LogP contribution >= 0.6 is 38.9 Å². The lowest BCUT2D eigenvalue weighted by Crippen LogP contribution is -2.16. The van der Waals surface area contributed by atoms with Crippen molar-refractivity contribution in [2.24, 2.45) is 0 Å². The Kier molecular flexibility index (Phi) is 6.55. The van der Waals surface area contributed by atoms with Crippen LogP contribution in [0.5, 0.6) is 0 Å². The van der Waals surface area contributed by atoms with E-state index in [1.807, 2.05) is 11.4 Å². The van der Waals surface area contributed by atoms with Crippen LogP contribution in [0.3, 0.4) is 0 Å². The predicted molar refractivity (Wildman–Crippen MR) is 93.4 cm³/mol. The standard InChI is InChI=1S/C14H12BrClFNO2S2/c15-13-5-9(7-21-13)8-22(20)4-3-14(19)18-12-2-1-10(16)6-11(12)17/h1-2,5-7H,3-4,8H2,(H,18,19)/t22-/m1/s1. The maximum atomic E-state index is 13.5. The highest BCUT2D eigenvalue weighted by Gasteiger charge is 2.10. The summed E-state index contributed by atoms with van der Waals surface area (Å²) in [6.45, 7) is 0. The zero-order valence-corrected chi connectivity index (χ0v) is 15.2. The van der Waals surface area contributed by atoms with Crippen molar-refractivity contribution in [1.29, 1.82) is 0 Å². The Bertz CT molecular complexity index is 708. The van der Waals surface area contributed by atoms with Crippen LogP contribution in [0.2, 0.25) is 5.02 Å². The minimum atomic E-state index is -1.14. The molecule has 0 radical (unpaired) electrons. The lowest BCUT2D eigenvalue weighted by atomic mass is 10.3. The highest BCUT2D eigenvalue weighted by atomic mass is 79.9. The van der Waals surface area contributed by atoms with Gasteiger partial charge in [0, 0.05) is 33.7 Å². The van der Waals surface area contributed by atoms with E-state index in [4.69, 9.17) is 11.6 Å². The lowest BCUT2D eigenvalue weighted by molar-refractivity contribution is -0.115. The summed E-state index contributed by atoms with van der Waals surface area (Å²) in [5, 5.41) is 4.63. The van der Waals surface area contributed by atoms with Gasteiger partial charge >= 0.3 is 0 Å². The average Bonchev–Trinajstić information content (AvgIpc) is 2.85. The van der Waals surface area contributed by atoms with Crippen LogP contribution in [-0.4, -0.2) is 15.9 Å². The lowest BCUT2D eigenvalue weighted by Gasteiger charge is -2.06. The first kappa shape index (κ1) is 17.6. The molecular formula is C14H12BrClFNO2S2. The van der Waals surface area contributed by atoms with Crippen LogP contribution in [0.1, 0.15) is 12.0 Å². The summed E-state index contributed by atoms with van der Waals surface area (Å²) in [4.78, 5) is 11.8. The van der Waals surface area contributed by atoms with Gasteiger partial charge in [0.2, 0.25) is 5.91 Å². The van der Waals surface area contributed by atoms with Gasteiger partial charge in [0.25, 0.3) is 0 Å². The van der Waals surface area contributed by atoms with Crippen LogP contribution in [0.15, 0.2) is 33.4 Å². The van der Waals surface area contributed by atoms with Crippen molar-refractivity contribution >= 4 is 61.3 Å². The Hall–Kier alpha value is -0.760. The number of nitrogens with one attached hydrogen (secondary N) is 1. The van der Waals surface area contributed by atoms with Gasteiger partial charge in [-0.1, -0.05) is 11.6 Å². The predicted octanol–water partition coefficient (Wildman–Crippen LogP) is 4.58. The van der Waals surface area contributed by atoms with Crippen LogP contribution in [0, 0.1) is 5.82 Å². The van der Waals surface area contributed by atoms with E-state index in [-0.39, 0.29) is 28.8 Å². The van der Waals surface area contributed by atoms with E-state index in [9.17, 15) is 13.4 Å². The molecule has 2 aromatic rings. The number of benzene rings is 1. The Morgan fingerprint density at radius 2 is 2.18 bits per heavy atom. The molecule has 0 fully saturated rings. The second-order valence-corrected chi connectivity index (χ2v) is 8.77. The number of halogens is 3. The number of amides is 1. The molecule has 0 saturated carbocycles. The number of rotatable bonds is 6. The summed E-state index contributed by atoms with van der Waals surface area (Å²) in [5.74, 6) is -0.328. The molecule has 118 valence electrons. The Morgan fingerprint density at radius 3 is 2.82 bits per heavy atom. The molecule has 0 aliphatic heterocycles. The number of thiophene rings is 1. The molecule has 1 aromatic carbocycles. The Morgan fingerprint density at radius 1 is 1.41 bits per heavy atom. The summed E-state index contributed by atoms with van der Waals surface area (Å²) in [6.07, 6.45) is 0.0694. The highest BCUT2D eigenvalue weighted by molar-refractivity contribution is 9.11. The molecule has 0 bridgehead atoms. The van der Waals surface area contributed by atoms with E-state index in [0.717, 1.165) is 15.4 Å². The largest absolute Gasteiger partial charge is 0.324 e. The highest BCUT2D eigenvalue weighted by Crippen LogP contribution is 2.22. The third-order valence-corrected chi connectivity index (χ3v) is 5.81. The van der Waals surface area contributed by atoms with E-state index in [1.165, 1.54) is 23.5 Å². The normalized spacial score (nSPS) is 12.1. The van der Waals surface area contributed by atoms with Gasteiger partial charge in [-0.05, 0) is 51.1 Å². The van der Waals surface area contributed by atoms with Gasteiger partial charge in [-0.3, -0.25) is 9.00 Å². The first-order valence-electron chi connectivity index (χ1n) is 6.27. The Balaban J connectivity index is 1.81. The molecule has 0 aliphatic rings.